The van der Waals surface area contributed by atoms with Crippen LogP contribution in [0.1, 0.15) is 34.6 Å². The van der Waals surface area contributed by atoms with E-state index in [0.717, 1.165) is 5.06 Å². The average Bonchev–Trinajstić information content (AvgIpc) is 2.88. The number of fused-ring (bicyclic) bond motifs is 1. The molecule has 2 aliphatic rings. The van der Waals surface area contributed by atoms with E-state index in [4.69, 9.17) is 14.3 Å². The third-order valence-electron chi connectivity index (χ3n) is 2.94. The van der Waals surface area contributed by atoms with E-state index < -0.39 is 17.6 Å². The van der Waals surface area contributed by atoms with Crippen LogP contribution < -0.4 is 0 Å². The zero-order valence-electron chi connectivity index (χ0n) is 11.1. The summed E-state index contributed by atoms with van der Waals surface area (Å²) in [5, 5.41) is 0.750. The second-order valence-corrected chi connectivity index (χ2v) is 4.93. The Labute approximate surface area is 115 Å². The maximum absolute atomic E-state index is 12.0. The van der Waals surface area contributed by atoms with E-state index in [1.165, 1.54) is 6.26 Å². The zero-order chi connectivity index (χ0) is 14.3. The molecule has 0 saturated carbocycles. The molecule has 1 aromatic carbocycles. The summed E-state index contributed by atoms with van der Waals surface area (Å²) in [5.74, 6) is -1.26. The summed E-state index contributed by atoms with van der Waals surface area (Å²) >= 11 is 0. The number of hydrogen-bond acceptors (Lipinski definition) is 5. The van der Waals surface area contributed by atoms with Gasteiger partial charge in [-0.15, -0.1) is 5.06 Å². The van der Waals surface area contributed by atoms with Crippen LogP contribution in [0.15, 0.2) is 36.3 Å². The summed E-state index contributed by atoms with van der Waals surface area (Å²) in [6.45, 7) is 3.45. The fourth-order valence-electron chi connectivity index (χ4n) is 2.05. The molecule has 2 aliphatic heterocycles. The van der Waals surface area contributed by atoms with Crippen molar-refractivity contribution in [2.75, 3.05) is 6.61 Å². The number of carbonyl (C=O) groups is 2. The van der Waals surface area contributed by atoms with Crippen LogP contribution in [0.3, 0.4) is 0 Å². The third-order valence-corrected chi connectivity index (χ3v) is 2.94. The number of ether oxygens (including phenoxy) is 2. The standard InChI is InChI=1S/C14H13NO5/c1-14(2)18-7-9(20-14)8-19-15-12(16)10-5-3-4-6-11(10)13(15)17/h3-7H,8H2,1-2H3. The largest absolute Gasteiger partial charge is 0.457 e. The van der Waals surface area contributed by atoms with Gasteiger partial charge in [0.15, 0.2) is 5.76 Å². The van der Waals surface area contributed by atoms with Gasteiger partial charge in [-0.3, -0.25) is 14.4 Å². The van der Waals surface area contributed by atoms with Gasteiger partial charge < -0.3 is 9.47 Å². The zero-order valence-corrected chi connectivity index (χ0v) is 11.1. The minimum absolute atomic E-state index is 0.0467. The van der Waals surface area contributed by atoms with E-state index in [1.54, 1.807) is 38.1 Å². The molecular formula is C14H13NO5. The van der Waals surface area contributed by atoms with Crippen molar-refractivity contribution in [1.82, 2.24) is 5.06 Å². The number of imide groups is 1. The Bertz CT molecular complexity index is 585. The molecule has 2 heterocycles. The number of amides is 2. The van der Waals surface area contributed by atoms with Crippen molar-refractivity contribution in [1.29, 1.82) is 0 Å². The Kier molecular flexibility index (Phi) is 2.76. The monoisotopic (exact) mass is 275 g/mol. The van der Waals surface area contributed by atoms with Crippen LogP contribution in [0, 0.1) is 0 Å². The molecule has 104 valence electrons. The minimum Gasteiger partial charge on any atom is -0.457 e. The predicted octanol–water partition coefficient (Wildman–Crippen LogP) is 1.84. The lowest BCUT2D eigenvalue weighted by molar-refractivity contribution is -0.136. The highest BCUT2D eigenvalue weighted by atomic mass is 16.7. The Hall–Kier alpha value is -2.34. The Morgan fingerprint density at radius 1 is 1.15 bits per heavy atom. The van der Waals surface area contributed by atoms with Crippen LogP contribution in [0.2, 0.25) is 0 Å². The summed E-state index contributed by atoms with van der Waals surface area (Å²) in [6.07, 6.45) is 1.41. The summed E-state index contributed by atoms with van der Waals surface area (Å²) in [6, 6.07) is 6.59. The molecule has 6 nitrogen and oxygen atoms in total. The first-order chi connectivity index (χ1) is 9.48. The van der Waals surface area contributed by atoms with Crippen molar-refractivity contribution >= 4 is 11.8 Å². The van der Waals surface area contributed by atoms with Gasteiger partial charge in [0.2, 0.25) is 5.79 Å². The molecule has 0 radical (unpaired) electrons. The first-order valence-electron chi connectivity index (χ1n) is 6.14. The molecule has 0 unspecified atom stereocenters. The second kappa shape index (κ2) is 4.35. The molecule has 0 atom stereocenters. The fraction of sp³-hybridized carbons (Fsp3) is 0.286. The highest BCUT2D eigenvalue weighted by Crippen LogP contribution is 2.26. The summed E-state index contributed by atoms with van der Waals surface area (Å²) in [7, 11) is 0. The number of nitrogens with zero attached hydrogens (tertiary/aromatic N) is 1. The molecule has 3 rings (SSSR count). The van der Waals surface area contributed by atoms with Crippen molar-refractivity contribution in [2.24, 2.45) is 0 Å². The van der Waals surface area contributed by atoms with Crippen LogP contribution in [-0.2, 0) is 14.3 Å². The van der Waals surface area contributed by atoms with E-state index in [9.17, 15) is 9.59 Å². The van der Waals surface area contributed by atoms with Crippen LogP contribution in [0.4, 0.5) is 0 Å². The molecule has 0 N–H and O–H groups in total. The van der Waals surface area contributed by atoms with Gasteiger partial charge in [-0.25, -0.2) is 0 Å². The van der Waals surface area contributed by atoms with Crippen LogP contribution in [-0.4, -0.2) is 29.3 Å². The van der Waals surface area contributed by atoms with E-state index in [-0.39, 0.29) is 6.61 Å². The molecule has 0 saturated heterocycles. The number of hydrogen-bond donors (Lipinski definition) is 0. The van der Waals surface area contributed by atoms with Crippen molar-refractivity contribution < 1.29 is 23.9 Å². The second-order valence-electron chi connectivity index (χ2n) is 4.93. The van der Waals surface area contributed by atoms with E-state index in [0.29, 0.717) is 16.9 Å². The summed E-state index contributed by atoms with van der Waals surface area (Å²) < 4.78 is 10.7. The molecule has 6 heteroatoms. The van der Waals surface area contributed by atoms with E-state index >= 15 is 0 Å². The molecule has 20 heavy (non-hydrogen) atoms. The Morgan fingerprint density at radius 2 is 1.75 bits per heavy atom. The van der Waals surface area contributed by atoms with Crippen molar-refractivity contribution in [3.63, 3.8) is 0 Å². The van der Waals surface area contributed by atoms with Crippen molar-refractivity contribution in [3.8, 4) is 0 Å². The van der Waals surface area contributed by atoms with Gasteiger partial charge in [0.1, 0.15) is 12.9 Å². The molecule has 0 aliphatic carbocycles. The summed E-state index contributed by atoms with van der Waals surface area (Å²) in [4.78, 5) is 29.3. The third kappa shape index (κ3) is 2.04. The number of hydroxylamine groups is 2. The topological polar surface area (TPSA) is 65.1 Å². The van der Waals surface area contributed by atoms with Gasteiger partial charge in [-0.1, -0.05) is 12.1 Å². The molecule has 2 amide bonds. The molecule has 0 spiro atoms. The lowest BCUT2D eigenvalue weighted by Gasteiger charge is -2.19. The van der Waals surface area contributed by atoms with Crippen molar-refractivity contribution in [2.45, 2.75) is 19.6 Å². The van der Waals surface area contributed by atoms with E-state index in [1.807, 2.05) is 0 Å². The van der Waals surface area contributed by atoms with Gasteiger partial charge in [0, 0.05) is 13.8 Å². The van der Waals surface area contributed by atoms with Gasteiger partial charge in [0.25, 0.3) is 11.8 Å². The van der Waals surface area contributed by atoms with Crippen LogP contribution in [0.5, 0.6) is 0 Å². The molecular weight excluding hydrogens is 262 g/mol. The average molecular weight is 275 g/mol. The first-order valence-corrected chi connectivity index (χ1v) is 6.14. The maximum atomic E-state index is 12.0. The van der Waals surface area contributed by atoms with Crippen LogP contribution in [0.25, 0.3) is 0 Å². The van der Waals surface area contributed by atoms with Gasteiger partial charge in [-0.05, 0) is 12.1 Å². The van der Waals surface area contributed by atoms with E-state index in [2.05, 4.69) is 0 Å². The normalized spacial score (nSPS) is 19.5. The number of carbonyl (C=O) groups excluding carboxylic acids is 2. The molecule has 1 aromatic rings. The Balaban J connectivity index is 1.69. The minimum atomic E-state index is -0.749. The van der Waals surface area contributed by atoms with Gasteiger partial charge in [0.05, 0.1) is 11.1 Å². The Morgan fingerprint density at radius 3 is 2.25 bits per heavy atom. The lowest BCUT2D eigenvalue weighted by Crippen LogP contribution is -2.31. The highest BCUT2D eigenvalue weighted by Gasteiger charge is 2.37. The molecule has 0 bridgehead atoms. The molecule has 0 aromatic heterocycles. The lowest BCUT2D eigenvalue weighted by atomic mass is 10.1. The summed E-state index contributed by atoms with van der Waals surface area (Å²) in [5.41, 5.74) is 0.686. The fourth-order valence-corrected chi connectivity index (χ4v) is 2.05. The number of benzene rings is 1. The first kappa shape index (κ1) is 12.7. The van der Waals surface area contributed by atoms with Crippen LogP contribution >= 0.6 is 0 Å². The van der Waals surface area contributed by atoms with Gasteiger partial charge >= 0.3 is 0 Å². The SMILES string of the molecule is CC1(C)OC=C(CON2C(=O)c3ccccc3C2=O)O1. The molecule has 0 fully saturated rings. The highest BCUT2D eigenvalue weighted by molar-refractivity contribution is 6.20. The maximum Gasteiger partial charge on any atom is 0.285 e. The predicted molar refractivity (Wildman–Crippen MR) is 67.2 cm³/mol. The van der Waals surface area contributed by atoms with Crippen molar-refractivity contribution in [3.05, 3.63) is 47.4 Å². The number of rotatable bonds is 3. The van der Waals surface area contributed by atoms with Gasteiger partial charge in [-0.2, -0.15) is 0 Å². The smallest absolute Gasteiger partial charge is 0.285 e. The quantitative estimate of drug-likeness (QED) is 0.787.